The van der Waals surface area contributed by atoms with Gasteiger partial charge in [0.2, 0.25) is 0 Å². The first-order valence-corrected chi connectivity index (χ1v) is 9.25. The molecule has 0 heterocycles. The van der Waals surface area contributed by atoms with Crippen molar-refractivity contribution >= 4 is 25.4 Å². The monoisotopic (exact) mass is 264 g/mol. The van der Waals surface area contributed by atoms with E-state index >= 15 is 0 Å². The zero-order valence-electron chi connectivity index (χ0n) is 11.2. The molecule has 0 fully saturated rings. The largest absolute Gasteiger partial charge is 0.392 e. The summed E-state index contributed by atoms with van der Waals surface area (Å²) in [6.07, 6.45) is 0.357. The van der Waals surface area contributed by atoms with Gasteiger partial charge in [0.1, 0.15) is 0 Å². The molecule has 0 unspecified atom stereocenters. The van der Waals surface area contributed by atoms with Gasteiger partial charge in [-0.15, -0.1) is 0 Å². The molecule has 0 aliphatic carbocycles. The lowest BCUT2D eigenvalue weighted by atomic mass is 10.5. The van der Waals surface area contributed by atoms with Crippen LogP contribution in [0.5, 0.6) is 0 Å². The van der Waals surface area contributed by atoms with E-state index in [4.69, 9.17) is 8.85 Å². The second kappa shape index (κ2) is 7.48. The van der Waals surface area contributed by atoms with Crippen molar-refractivity contribution in [2.75, 3.05) is 5.75 Å². The summed E-state index contributed by atoms with van der Waals surface area (Å²) in [5.74, 6) is 0.789. The Balaban J connectivity index is 4.23. The van der Waals surface area contributed by atoms with E-state index in [1.54, 1.807) is 6.92 Å². The summed E-state index contributed by atoms with van der Waals surface area (Å²) in [6, 6.07) is 0.855. The fraction of sp³-hybridized carbons (Fsp3) is 0.909. The molecule has 0 atom stereocenters. The lowest BCUT2D eigenvalue weighted by Crippen LogP contribution is -2.43. The van der Waals surface area contributed by atoms with Crippen LogP contribution in [0, 0.1) is 0 Å². The number of hydrogen-bond donors (Lipinski definition) is 0. The van der Waals surface area contributed by atoms with Crippen molar-refractivity contribution in [2.45, 2.75) is 59.4 Å². The normalized spacial score (nSPS) is 12.5. The molecule has 5 heteroatoms. The average Bonchev–Trinajstić information content (AvgIpc) is 1.98. The maximum atomic E-state index is 10.9. The Hall–Kier alpha value is 0.157. The standard InChI is InChI=1S/C11H24O3SSi/c1-9(2)13-16(6,14-10(3)4)8-7-15-11(5)12/h9-10H,7-8H2,1-6H3. The molecule has 0 saturated heterocycles. The minimum absolute atomic E-state index is 0.158. The molecule has 3 nitrogen and oxygen atoms in total. The van der Waals surface area contributed by atoms with Crippen molar-refractivity contribution in [2.24, 2.45) is 0 Å². The third kappa shape index (κ3) is 8.33. The predicted molar refractivity (Wildman–Crippen MR) is 72.0 cm³/mol. The van der Waals surface area contributed by atoms with Crippen LogP contribution in [-0.4, -0.2) is 31.6 Å². The van der Waals surface area contributed by atoms with Crippen LogP contribution < -0.4 is 0 Å². The molecule has 0 spiro atoms. The van der Waals surface area contributed by atoms with Gasteiger partial charge in [0.25, 0.3) is 0 Å². The maximum absolute atomic E-state index is 10.9. The smallest absolute Gasteiger partial charge is 0.336 e. The van der Waals surface area contributed by atoms with Gasteiger partial charge in [-0.2, -0.15) is 0 Å². The molecule has 0 bridgehead atoms. The predicted octanol–water partition coefficient (Wildman–Crippen LogP) is 3.19. The van der Waals surface area contributed by atoms with Crippen LogP contribution in [0.1, 0.15) is 34.6 Å². The SMILES string of the molecule is CC(=O)SCC[Si](C)(OC(C)C)OC(C)C. The molecule has 0 aromatic heterocycles. The van der Waals surface area contributed by atoms with Gasteiger partial charge >= 0.3 is 8.56 Å². The Bertz CT molecular complexity index is 209. The molecule has 16 heavy (non-hydrogen) atoms. The molecule has 0 aliphatic rings. The third-order valence-electron chi connectivity index (χ3n) is 1.83. The number of rotatable bonds is 7. The minimum Gasteiger partial charge on any atom is -0.392 e. The summed E-state index contributed by atoms with van der Waals surface area (Å²) in [6.45, 7) is 11.8. The van der Waals surface area contributed by atoms with Crippen molar-refractivity contribution < 1.29 is 13.6 Å². The number of carbonyl (C=O) groups is 1. The molecule has 0 N–H and O–H groups in total. The summed E-state index contributed by atoms with van der Waals surface area (Å²) in [7, 11) is -2.12. The van der Waals surface area contributed by atoms with E-state index < -0.39 is 8.56 Å². The summed E-state index contributed by atoms with van der Waals surface area (Å²) < 4.78 is 11.8. The van der Waals surface area contributed by atoms with Crippen LogP contribution in [0.15, 0.2) is 0 Å². The molecule has 96 valence electrons. The van der Waals surface area contributed by atoms with Crippen molar-refractivity contribution in [1.82, 2.24) is 0 Å². The fourth-order valence-electron chi connectivity index (χ4n) is 1.52. The topological polar surface area (TPSA) is 35.5 Å². The van der Waals surface area contributed by atoms with Gasteiger partial charge in [0.05, 0.1) is 0 Å². The Morgan fingerprint density at radius 3 is 1.94 bits per heavy atom. The van der Waals surface area contributed by atoms with Crippen LogP contribution >= 0.6 is 11.8 Å². The van der Waals surface area contributed by atoms with Crippen LogP contribution in [0.4, 0.5) is 0 Å². The first-order valence-electron chi connectivity index (χ1n) is 5.74. The Morgan fingerprint density at radius 2 is 1.62 bits per heavy atom. The first-order chi connectivity index (χ1) is 7.25. The summed E-state index contributed by atoms with van der Waals surface area (Å²) in [4.78, 5) is 10.9. The molecule has 0 radical (unpaired) electrons. The second-order valence-electron chi connectivity index (χ2n) is 4.56. The Morgan fingerprint density at radius 1 is 1.19 bits per heavy atom. The van der Waals surface area contributed by atoms with Crippen molar-refractivity contribution in [3.8, 4) is 0 Å². The summed E-state index contributed by atoms with van der Waals surface area (Å²) in [5, 5.41) is 0.158. The van der Waals surface area contributed by atoms with E-state index in [9.17, 15) is 4.79 Å². The molecule has 0 aliphatic heterocycles. The molecule has 0 amide bonds. The quantitative estimate of drug-likeness (QED) is 0.662. The number of hydrogen-bond acceptors (Lipinski definition) is 4. The fourth-order valence-corrected chi connectivity index (χ4v) is 5.99. The summed E-state index contributed by atoms with van der Waals surface area (Å²) >= 11 is 1.35. The van der Waals surface area contributed by atoms with Crippen molar-refractivity contribution in [3.63, 3.8) is 0 Å². The molecular formula is C11H24O3SSi. The molecule has 0 rings (SSSR count). The first kappa shape index (κ1) is 16.2. The molecular weight excluding hydrogens is 240 g/mol. The van der Waals surface area contributed by atoms with E-state index in [2.05, 4.69) is 6.55 Å². The van der Waals surface area contributed by atoms with E-state index in [1.807, 2.05) is 27.7 Å². The zero-order valence-corrected chi connectivity index (χ0v) is 13.0. The highest BCUT2D eigenvalue weighted by Crippen LogP contribution is 2.21. The zero-order chi connectivity index (χ0) is 12.8. The van der Waals surface area contributed by atoms with E-state index in [-0.39, 0.29) is 17.3 Å². The van der Waals surface area contributed by atoms with Gasteiger partial charge in [-0.05, 0) is 34.2 Å². The highest BCUT2D eigenvalue weighted by Gasteiger charge is 2.33. The third-order valence-corrected chi connectivity index (χ3v) is 6.11. The second-order valence-corrected chi connectivity index (χ2v) is 9.07. The Labute approximate surface area is 105 Å². The highest BCUT2D eigenvalue weighted by atomic mass is 32.2. The number of thioether (sulfide) groups is 1. The van der Waals surface area contributed by atoms with Gasteiger partial charge < -0.3 is 8.85 Å². The maximum Gasteiger partial charge on any atom is 0.336 e. The molecule has 0 aromatic rings. The van der Waals surface area contributed by atoms with E-state index in [0.717, 1.165) is 11.8 Å². The van der Waals surface area contributed by atoms with Crippen LogP contribution in [0.25, 0.3) is 0 Å². The summed E-state index contributed by atoms with van der Waals surface area (Å²) in [5.41, 5.74) is 0. The van der Waals surface area contributed by atoms with Gasteiger partial charge in [-0.3, -0.25) is 4.79 Å². The van der Waals surface area contributed by atoms with Gasteiger partial charge in [0, 0.05) is 30.9 Å². The molecule has 0 aromatic carbocycles. The van der Waals surface area contributed by atoms with E-state index in [0.29, 0.717) is 0 Å². The highest BCUT2D eigenvalue weighted by molar-refractivity contribution is 8.13. The van der Waals surface area contributed by atoms with Crippen LogP contribution in [-0.2, 0) is 13.6 Å². The average molecular weight is 264 g/mol. The van der Waals surface area contributed by atoms with Crippen molar-refractivity contribution in [1.29, 1.82) is 0 Å². The Kier molecular flexibility index (Phi) is 7.55. The van der Waals surface area contributed by atoms with Gasteiger partial charge in [-0.25, -0.2) is 0 Å². The van der Waals surface area contributed by atoms with Crippen molar-refractivity contribution in [3.05, 3.63) is 0 Å². The molecule has 0 saturated carbocycles. The lowest BCUT2D eigenvalue weighted by molar-refractivity contribution is -0.109. The number of carbonyl (C=O) groups excluding carboxylic acids is 1. The van der Waals surface area contributed by atoms with Crippen LogP contribution in [0.3, 0.4) is 0 Å². The van der Waals surface area contributed by atoms with Gasteiger partial charge in [-0.1, -0.05) is 11.8 Å². The van der Waals surface area contributed by atoms with Crippen LogP contribution in [0.2, 0.25) is 12.6 Å². The van der Waals surface area contributed by atoms with E-state index in [1.165, 1.54) is 11.8 Å². The van der Waals surface area contributed by atoms with Gasteiger partial charge in [0.15, 0.2) is 5.12 Å². The lowest BCUT2D eigenvalue weighted by Gasteiger charge is -2.30. The minimum atomic E-state index is -2.12.